The fourth-order valence-corrected chi connectivity index (χ4v) is 2.26. The van der Waals surface area contributed by atoms with Crippen molar-refractivity contribution < 1.29 is 5.11 Å². The van der Waals surface area contributed by atoms with Crippen molar-refractivity contribution in [2.24, 2.45) is 14.1 Å². The molecule has 0 saturated carbocycles. The number of hydrogen-bond donors (Lipinski definition) is 2. The van der Waals surface area contributed by atoms with Gasteiger partial charge in [0.2, 0.25) is 0 Å². The zero-order chi connectivity index (χ0) is 12.6. The quantitative estimate of drug-likeness (QED) is 0.690. The number of aromatic amines is 1. The van der Waals surface area contributed by atoms with Crippen LogP contribution in [-0.4, -0.2) is 36.6 Å². The highest BCUT2D eigenvalue weighted by atomic mass is 32.2. The smallest absolute Gasteiger partial charge is 0.329 e. The summed E-state index contributed by atoms with van der Waals surface area (Å²) in [6.45, 7) is 0.0309. The normalized spacial score (nSPS) is 11.2. The summed E-state index contributed by atoms with van der Waals surface area (Å²) in [4.78, 5) is 29.5. The zero-order valence-electron chi connectivity index (χ0n) is 9.43. The van der Waals surface area contributed by atoms with E-state index in [1.165, 1.54) is 16.3 Å². The highest BCUT2D eigenvalue weighted by Gasteiger charge is 2.14. The van der Waals surface area contributed by atoms with E-state index in [1.54, 1.807) is 18.7 Å². The third-order valence-corrected chi connectivity index (χ3v) is 3.43. The molecule has 0 bridgehead atoms. The molecule has 2 aromatic heterocycles. The largest absolute Gasteiger partial charge is 0.396 e. The number of aliphatic hydroxyl groups excluding tert-OH is 1. The van der Waals surface area contributed by atoms with Gasteiger partial charge in [0.25, 0.3) is 5.56 Å². The molecule has 2 rings (SSSR count). The van der Waals surface area contributed by atoms with E-state index in [4.69, 9.17) is 5.11 Å². The van der Waals surface area contributed by atoms with Crippen molar-refractivity contribution in [3.05, 3.63) is 20.8 Å². The van der Waals surface area contributed by atoms with Crippen molar-refractivity contribution in [1.29, 1.82) is 0 Å². The molecule has 2 aromatic rings. The number of fused-ring (bicyclic) bond motifs is 1. The van der Waals surface area contributed by atoms with Crippen LogP contribution < -0.4 is 11.2 Å². The first-order valence-electron chi connectivity index (χ1n) is 4.95. The van der Waals surface area contributed by atoms with Crippen LogP contribution in [0.5, 0.6) is 0 Å². The Labute approximate surface area is 100 Å². The maximum absolute atomic E-state index is 11.7. The predicted octanol–water partition coefficient (Wildman–Crippen LogP) is -0.955. The molecule has 0 fully saturated rings. The van der Waals surface area contributed by atoms with Gasteiger partial charge in [-0.05, 0) is 0 Å². The van der Waals surface area contributed by atoms with Crippen molar-refractivity contribution in [2.45, 2.75) is 5.16 Å². The summed E-state index contributed by atoms with van der Waals surface area (Å²) >= 11 is 1.33. The van der Waals surface area contributed by atoms with Gasteiger partial charge in [-0.15, -0.1) is 0 Å². The number of aryl methyl sites for hydroxylation is 2. The Bertz CT molecular complexity index is 669. The van der Waals surface area contributed by atoms with Crippen LogP contribution in [0.1, 0.15) is 0 Å². The molecule has 7 nitrogen and oxygen atoms in total. The van der Waals surface area contributed by atoms with Crippen molar-refractivity contribution >= 4 is 22.9 Å². The Morgan fingerprint density at radius 3 is 2.71 bits per heavy atom. The maximum atomic E-state index is 11.7. The summed E-state index contributed by atoms with van der Waals surface area (Å²) < 4.78 is 2.91. The van der Waals surface area contributed by atoms with Crippen LogP contribution in [0, 0.1) is 0 Å². The van der Waals surface area contributed by atoms with Gasteiger partial charge in [0.15, 0.2) is 16.3 Å². The molecular formula is C9H12N4O3S. The third kappa shape index (κ3) is 1.89. The van der Waals surface area contributed by atoms with E-state index >= 15 is 0 Å². The Hall–Kier alpha value is -1.54. The van der Waals surface area contributed by atoms with Crippen molar-refractivity contribution in [3.63, 3.8) is 0 Å². The molecule has 0 saturated heterocycles. The predicted molar refractivity (Wildman–Crippen MR) is 64.4 cm³/mol. The molecule has 17 heavy (non-hydrogen) atoms. The lowest BCUT2D eigenvalue weighted by Crippen LogP contribution is -2.29. The molecule has 8 heteroatoms. The number of H-pyrrole nitrogens is 1. The number of imidazole rings is 1. The number of thioether (sulfide) groups is 1. The molecule has 0 unspecified atom stereocenters. The van der Waals surface area contributed by atoms with Gasteiger partial charge in [0, 0.05) is 19.8 Å². The molecule has 2 heterocycles. The van der Waals surface area contributed by atoms with E-state index in [0.717, 1.165) is 0 Å². The highest BCUT2D eigenvalue weighted by molar-refractivity contribution is 7.99. The minimum Gasteiger partial charge on any atom is -0.396 e. The van der Waals surface area contributed by atoms with Gasteiger partial charge in [-0.3, -0.25) is 14.3 Å². The van der Waals surface area contributed by atoms with Gasteiger partial charge in [-0.1, -0.05) is 11.8 Å². The summed E-state index contributed by atoms with van der Waals surface area (Å²) in [5.41, 5.74) is -0.234. The molecular weight excluding hydrogens is 244 g/mol. The average Bonchev–Trinajstić information content (AvgIpc) is 2.61. The molecule has 0 amide bonds. The van der Waals surface area contributed by atoms with Gasteiger partial charge < -0.3 is 9.67 Å². The van der Waals surface area contributed by atoms with E-state index < -0.39 is 11.2 Å². The molecule has 2 N–H and O–H groups in total. The number of aromatic nitrogens is 4. The number of aliphatic hydroxyl groups is 1. The lowest BCUT2D eigenvalue weighted by molar-refractivity contribution is 0.322. The summed E-state index contributed by atoms with van der Waals surface area (Å²) in [5, 5.41) is 9.36. The lowest BCUT2D eigenvalue weighted by atomic mass is 10.5. The van der Waals surface area contributed by atoms with Gasteiger partial charge in [0.05, 0.1) is 6.61 Å². The molecule has 0 spiro atoms. The monoisotopic (exact) mass is 256 g/mol. The van der Waals surface area contributed by atoms with E-state index in [0.29, 0.717) is 22.1 Å². The van der Waals surface area contributed by atoms with E-state index in [1.807, 2.05) is 0 Å². The van der Waals surface area contributed by atoms with Crippen LogP contribution in [0.3, 0.4) is 0 Å². The number of rotatable bonds is 3. The Kier molecular flexibility index (Phi) is 3.07. The van der Waals surface area contributed by atoms with Crippen LogP contribution in [0.2, 0.25) is 0 Å². The Morgan fingerprint density at radius 2 is 2.06 bits per heavy atom. The van der Waals surface area contributed by atoms with E-state index in [2.05, 4.69) is 9.97 Å². The average molecular weight is 256 g/mol. The second-order valence-corrected chi connectivity index (χ2v) is 4.58. The first-order valence-corrected chi connectivity index (χ1v) is 5.94. The maximum Gasteiger partial charge on any atom is 0.329 e. The second-order valence-electron chi connectivity index (χ2n) is 3.52. The topological polar surface area (TPSA) is 92.9 Å². The fourth-order valence-electron chi connectivity index (χ4n) is 1.55. The first-order chi connectivity index (χ1) is 8.06. The molecule has 0 aliphatic heterocycles. The lowest BCUT2D eigenvalue weighted by Gasteiger charge is -1.99. The van der Waals surface area contributed by atoms with Crippen molar-refractivity contribution in [3.8, 4) is 0 Å². The minimum absolute atomic E-state index is 0.0309. The van der Waals surface area contributed by atoms with Crippen LogP contribution in [0.25, 0.3) is 11.2 Å². The number of hydrogen-bond acceptors (Lipinski definition) is 5. The van der Waals surface area contributed by atoms with Gasteiger partial charge in [-0.25, -0.2) is 9.78 Å². The summed E-state index contributed by atoms with van der Waals surface area (Å²) in [7, 11) is 3.25. The van der Waals surface area contributed by atoms with E-state index in [9.17, 15) is 9.59 Å². The second kappa shape index (κ2) is 4.38. The summed E-state index contributed by atoms with van der Waals surface area (Å²) in [6, 6.07) is 0. The molecule has 0 aliphatic rings. The van der Waals surface area contributed by atoms with Gasteiger partial charge in [0.1, 0.15) is 0 Å². The van der Waals surface area contributed by atoms with Gasteiger partial charge >= 0.3 is 5.69 Å². The van der Waals surface area contributed by atoms with Crippen LogP contribution in [-0.2, 0) is 14.1 Å². The molecule has 0 radical (unpaired) electrons. The minimum atomic E-state index is -0.487. The fraction of sp³-hybridized carbons (Fsp3) is 0.444. The van der Waals surface area contributed by atoms with Crippen molar-refractivity contribution in [1.82, 2.24) is 19.1 Å². The van der Waals surface area contributed by atoms with Crippen LogP contribution in [0.4, 0.5) is 0 Å². The summed E-state index contributed by atoms with van der Waals surface area (Å²) in [5.74, 6) is 0.489. The molecule has 92 valence electrons. The highest BCUT2D eigenvalue weighted by Crippen LogP contribution is 2.19. The Morgan fingerprint density at radius 1 is 1.35 bits per heavy atom. The standard InChI is InChI=1S/C9H12N4O3S/c1-12-5-6(10-9(12)17-4-3-14)13(2)8(16)11-7(5)15/h14H,3-4H2,1-2H3,(H,11,15,16). The Balaban J connectivity index is 2.73. The van der Waals surface area contributed by atoms with Crippen LogP contribution >= 0.6 is 11.8 Å². The third-order valence-electron chi connectivity index (χ3n) is 2.42. The molecule has 0 aliphatic carbocycles. The van der Waals surface area contributed by atoms with Gasteiger partial charge in [-0.2, -0.15) is 0 Å². The molecule has 0 aromatic carbocycles. The molecule has 0 atom stereocenters. The SMILES string of the molecule is Cn1c(SCCO)nc2c1c(=O)[nH]c(=O)n2C. The summed E-state index contributed by atoms with van der Waals surface area (Å²) in [6.07, 6.45) is 0. The van der Waals surface area contributed by atoms with Crippen LogP contribution in [0.15, 0.2) is 14.7 Å². The first kappa shape index (κ1) is 11.9. The number of nitrogens with one attached hydrogen (secondary N) is 1. The number of nitrogens with zero attached hydrogens (tertiary/aromatic N) is 3. The van der Waals surface area contributed by atoms with E-state index in [-0.39, 0.29) is 6.61 Å². The zero-order valence-corrected chi connectivity index (χ0v) is 10.2. The van der Waals surface area contributed by atoms with Crippen molar-refractivity contribution in [2.75, 3.05) is 12.4 Å².